The molecule has 33 heavy (non-hydrogen) atoms. The van der Waals surface area contributed by atoms with Crippen molar-refractivity contribution in [3.05, 3.63) is 94.7 Å². The second-order valence-electron chi connectivity index (χ2n) is 7.56. The van der Waals surface area contributed by atoms with Crippen LogP contribution in [-0.4, -0.2) is 20.9 Å². The Balaban J connectivity index is 1.27. The fourth-order valence-corrected chi connectivity index (χ4v) is 3.83. The number of hydrogen-bond donors (Lipinski definition) is 2. The molecular weight excluding hydrogens is 445 g/mol. The number of nitrogens with one attached hydrogen (secondary N) is 1. The molecule has 0 unspecified atom stereocenters. The van der Waals surface area contributed by atoms with Crippen molar-refractivity contribution in [2.75, 3.05) is 5.73 Å². The zero-order valence-electron chi connectivity index (χ0n) is 17.2. The number of carbonyl (C=O) groups is 1. The smallest absolute Gasteiger partial charge is 0.307 e. The van der Waals surface area contributed by atoms with E-state index in [1.54, 1.807) is 18.3 Å². The van der Waals surface area contributed by atoms with Gasteiger partial charge in [-0.05, 0) is 46.8 Å². The molecular formula is C24H17ClFN5O2. The Labute approximate surface area is 192 Å². The Morgan fingerprint density at radius 1 is 1.09 bits per heavy atom. The predicted molar refractivity (Wildman–Crippen MR) is 123 cm³/mol. The molecule has 0 aliphatic heterocycles. The highest BCUT2D eigenvalue weighted by Gasteiger charge is 2.15. The van der Waals surface area contributed by atoms with Crippen LogP contribution < -0.4 is 11.1 Å². The van der Waals surface area contributed by atoms with E-state index in [0.717, 1.165) is 16.3 Å². The first kappa shape index (κ1) is 20.8. The van der Waals surface area contributed by atoms with Crippen LogP contribution in [-0.2, 0) is 13.0 Å². The van der Waals surface area contributed by atoms with E-state index in [2.05, 4.69) is 20.3 Å². The van der Waals surface area contributed by atoms with Crippen LogP contribution in [0.4, 0.5) is 10.2 Å². The van der Waals surface area contributed by atoms with E-state index in [0.29, 0.717) is 34.0 Å². The number of nitrogen functional groups attached to an aromatic ring is 1. The van der Waals surface area contributed by atoms with Gasteiger partial charge in [0.2, 0.25) is 0 Å². The molecule has 0 spiro atoms. The summed E-state index contributed by atoms with van der Waals surface area (Å²) in [6, 6.07) is 12.4. The minimum Gasteiger partial charge on any atom is -0.441 e. The molecule has 0 saturated heterocycles. The average Bonchev–Trinajstić information content (AvgIpc) is 3.26. The number of aromatic nitrogens is 3. The summed E-state index contributed by atoms with van der Waals surface area (Å²) in [7, 11) is 0. The lowest BCUT2D eigenvalue weighted by atomic mass is 10.1. The lowest BCUT2D eigenvalue weighted by molar-refractivity contribution is 0.0916. The summed E-state index contributed by atoms with van der Waals surface area (Å²) in [6.07, 6.45) is 4.72. The number of benzene rings is 2. The van der Waals surface area contributed by atoms with Gasteiger partial charge in [0.25, 0.3) is 5.89 Å². The number of halogens is 2. The average molecular weight is 462 g/mol. The highest BCUT2D eigenvalue weighted by Crippen LogP contribution is 2.23. The van der Waals surface area contributed by atoms with E-state index in [-0.39, 0.29) is 17.8 Å². The number of amides is 1. The van der Waals surface area contributed by atoms with Crippen molar-refractivity contribution in [2.24, 2.45) is 0 Å². The Kier molecular flexibility index (Phi) is 5.35. The maximum Gasteiger partial charge on any atom is 0.307 e. The van der Waals surface area contributed by atoms with E-state index in [1.165, 1.54) is 18.5 Å². The summed E-state index contributed by atoms with van der Waals surface area (Å²) in [5, 5.41) is 5.59. The van der Waals surface area contributed by atoms with Gasteiger partial charge in [0.05, 0.1) is 10.7 Å². The van der Waals surface area contributed by atoms with Gasteiger partial charge in [0.15, 0.2) is 0 Å². The lowest BCUT2D eigenvalue weighted by Gasteiger charge is -2.06. The van der Waals surface area contributed by atoms with Gasteiger partial charge >= 0.3 is 5.91 Å². The number of carbonyl (C=O) groups excluding carboxylic acids is 1. The summed E-state index contributed by atoms with van der Waals surface area (Å²) in [5.74, 6) is -0.504. The first-order valence-electron chi connectivity index (χ1n) is 10.1. The molecule has 3 heterocycles. The quantitative estimate of drug-likeness (QED) is 0.394. The minimum atomic E-state index is -0.450. The Bertz CT molecular complexity index is 1520. The van der Waals surface area contributed by atoms with Gasteiger partial charge in [-0.1, -0.05) is 23.7 Å². The van der Waals surface area contributed by atoms with Crippen molar-refractivity contribution in [1.29, 1.82) is 0 Å². The molecule has 7 nitrogen and oxygen atoms in total. The third-order valence-corrected chi connectivity index (χ3v) is 5.41. The number of oxazole rings is 1. The van der Waals surface area contributed by atoms with Crippen molar-refractivity contribution in [3.8, 4) is 0 Å². The van der Waals surface area contributed by atoms with E-state index < -0.39 is 11.7 Å². The molecule has 0 radical (unpaired) electrons. The van der Waals surface area contributed by atoms with Crippen LogP contribution in [0.3, 0.4) is 0 Å². The van der Waals surface area contributed by atoms with Crippen LogP contribution in [0.5, 0.6) is 0 Å². The van der Waals surface area contributed by atoms with Crippen LogP contribution in [0.2, 0.25) is 5.02 Å². The molecule has 0 atom stereocenters. The molecule has 0 fully saturated rings. The van der Waals surface area contributed by atoms with Crippen molar-refractivity contribution in [3.63, 3.8) is 0 Å². The zero-order valence-corrected chi connectivity index (χ0v) is 17.9. The molecule has 164 valence electrons. The molecule has 0 saturated carbocycles. The number of rotatable bonds is 5. The summed E-state index contributed by atoms with van der Waals surface area (Å²) >= 11 is 5.97. The number of fused-ring (bicyclic) bond motifs is 2. The Morgan fingerprint density at radius 2 is 1.94 bits per heavy atom. The maximum absolute atomic E-state index is 14.4. The third kappa shape index (κ3) is 4.33. The molecule has 0 aliphatic rings. The van der Waals surface area contributed by atoms with Gasteiger partial charge < -0.3 is 15.5 Å². The van der Waals surface area contributed by atoms with Crippen LogP contribution in [0.1, 0.15) is 27.5 Å². The van der Waals surface area contributed by atoms with E-state index >= 15 is 0 Å². The highest BCUT2D eigenvalue weighted by molar-refractivity contribution is 6.31. The highest BCUT2D eigenvalue weighted by atomic mass is 35.5. The standard InChI is InChI=1S/C24H17ClFN5O2/c25-17-9-16-6-14(8-20(26)21(16)29-11-17)7-18-12-33-24(31-18)23(32)30-10-13-1-2-19-15(5-13)3-4-28-22(19)27/h1-6,8-9,11-12H,7,10H2,(H2,27,28)(H,30,32). The molecule has 0 bridgehead atoms. The molecule has 9 heteroatoms. The van der Waals surface area contributed by atoms with Crippen molar-refractivity contribution < 1.29 is 13.6 Å². The summed E-state index contributed by atoms with van der Waals surface area (Å²) in [4.78, 5) is 24.8. The molecule has 5 aromatic rings. The normalized spacial score (nSPS) is 11.2. The van der Waals surface area contributed by atoms with Gasteiger partial charge in [-0.2, -0.15) is 0 Å². The van der Waals surface area contributed by atoms with E-state index in [4.69, 9.17) is 21.8 Å². The van der Waals surface area contributed by atoms with Crippen molar-refractivity contribution in [1.82, 2.24) is 20.3 Å². The van der Waals surface area contributed by atoms with Crippen LogP contribution in [0.15, 0.2) is 65.5 Å². The number of hydrogen-bond acceptors (Lipinski definition) is 6. The maximum atomic E-state index is 14.4. The largest absolute Gasteiger partial charge is 0.441 e. The fraction of sp³-hybridized carbons (Fsp3) is 0.0833. The second kappa shape index (κ2) is 8.48. The minimum absolute atomic E-state index is 0.0646. The lowest BCUT2D eigenvalue weighted by Crippen LogP contribution is -2.23. The molecule has 2 aromatic carbocycles. The second-order valence-corrected chi connectivity index (χ2v) is 7.99. The summed E-state index contributed by atoms with van der Waals surface area (Å²) < 4.78 is 19.7. The van der Waals surface area contributed by atoms with E-state index in [9.17, 15) is 9.18 Å². The number of nitrogens with zero attached hydrogens (tertiary/aromatic N) is 3. The fourth-order valence-electron chi connectivity index (χ4n) is 3.66. The monoisotopic (exact) mass is 461 g/mol. The van der Waals surface area contributed by atoms with E-state index in [1.807, 2.05) is 24.3 Å². The Hall–Kier alpha value is -4.04. The first-order valence-corrected chi connectivity index (χ1v) is 10.4. The molecule has 1 amide bonds. The molecule has 3 N–H and O–H groups in total. The number of pyridine rings is 2. The van der Waals surface area contributed by atoms with Crippen LogP contribution in [0.25, 0.3) is 21.7 Å². The zero-order chi connectivity index (χ0) is 22.9. The van der Waals surface area contributed by atoms with Crippen LogP contribution in [0, 0.1) is 5.82 Å². The van der Waals surface area contributed by atoms with Gasteiger partial charge in [-0.25, -0.2) is 14.4 Å². The van der Waals surface area contributed by atoms with Gasteiger partial charge in [-0.15, -0.1) is 0 Å². The summed E-state index contributed by atoms with van der Waals surface area (Å²) in [5.41, 5.74) is 8.18. The molecule has 3 aromatic heterocycles. The van der Waals surface area contributed by atoms with Crippen molar-refractivity contribution >= 4 is 45.0 Å². The topological polar surface area (TPSA) is 107 Å². The van der Waals surface area contributed by atoms with Gasteiger partial charge in [0.1, 0.15) is 23.4 Å². The third-order valence-electron chi connectivity index (χ3n) is 5.21. The SMILES string of the molecule is Nc1nccc2cc(CNC(=O)c3nc(Cc4cc(F)c5ncc(Cl)cc5c4)co3)ccc12. The Morgan fingerprint density at radius 3 is 2.82 bits per heavy atom. The van der Waals surface area contributed by atoms with Gasteiger partial charge in [-0.3, -0.25) is 9.78 Å². The van der Waals surface area contributed by atoms with Crippen LogP contribution >= 0.6 is 11.6 Å². The molecule has 0 aliphatic carbocycles. The predicted octanol–water partition coefficient (Wildman–Crippen LogP) is 4.67. The van der Waals surface area contributed by atoms with Crippen molar-refractivity contribution in [2.45, 2.75) is 13.0 Å². The van der Waals surface area contributed by atoms with Gasteiger partial charge in [0, 0.05) is 36.1 Å². The molecule has 5 rings (SSSR count). The number of nitrogens with two attached hydrogens (primary N) is 1. The first-order chi connectivity index (χ1) is 16.0. The number of anilines is 1. The summed E-state index contributed by atoms with van der Waals surface area (Å²) in [6.45, 7) is 0.290.